The number of hydrogen-bond acceptors (Lipinski definition) is 1. The van der Waals surface area contributed by atoms with Gasteiger partial charge in [-0.05, 0) is 48.5 Å². The highest BCUT2D eigenvalue weighted by molar-refractivity contribution is 7.80. The topological polar surface area (TPSA) is 24.1 Å². The number of nitrogens with one attached hydrogen (secondary N) is 2. The Kier molecular flexibility index (Phi) is 5.99. The molecular formula is C22H19F3N2S. The van der Waals surface area contributed by atoms with Crippen molar-refractivity contribution >= 4 is 23.0 Å². The molecule has 0 fully saturated rings. The molecule has 144 valence electrons. The molecule has 0 aliphatic heterocycles. The van der Waals surface area contributed by atoms with Crippen LogP contribution in [0.3, 0.4) is 0 Å². The van der Waals surface area contributed by atoms with Crippen LogP contribution in [-0.4, -0.2) is 5.11 Å². The van der Waals surface area contributed by atoms with E-state index >= 15 is 0 Å². The first-order valence-corrected chi connectivity index (χ1v) is 9.10. The number of aryl methyl sites for hydroxylation is 1. The lowest BCUT2D eigenvalue weighted by molar-refractivity contribution is -0.137. The summed E-state index contributed by atoms with van der Waals surface area (Å²) in [7, 11) is 0. The Morgan fingerprint density at radius 1 is 0.857 bits per heavy atom. The van der Waals surface area contributed by atoms with Crippen LogP contribution >= 0.6 is 12.2 Å². The predicted octanol–water partition coefficient (Wildman–Crippen LogP) is 6.09. The Labute approximate surface area is 167 Å². The Bertz CT molecular complexity index is 938. The number of thiocarbonyl (C=S) groups is 1. The summed E-state index contributed by atoms with van der Waals surface area (Å²) in [6.45, 7) is 2.01. The van der Waals surface area contributed by atoms with Crippen molar-refractivity contribution in [2.75, 3.05) is 5.32 Å². The van der Waals surface area contributed by atoms with Gasteiger partial charge in [-0.2, -0.15) is 13.2 Å². The van der Waals surface area contributed by atoms with E-state index in [1.807, 2.05) is 61.5 Å². The molecule has 2 N–H and O–H groups in total. The second kappa shape index (κ2) is 8.44. The molecule has 0 saturated carbocycles. The summed E-state index contributed by atoms with van der Waals surface area (Å²) in [5, 5.41) is 6.32. The highest BCUT2D eigenvalue weighted by atomic mass is 32.1. The highest BCUT2D eigenvalue weighted by Crippen LogP contribution is 2.30. The van der Waals surface area contributed by atoms with Gasteiger partial charge in [0.25, 0.3) is 0 Å². The van der Waals surface area contributed by atoms with Crippen molar-refractivity contribution < 1.29 is 13.2 Å². The summed E-state index contributed by atoms with van der Waals surface area (Å²) >= 11 is 5.37. The molecule has 1 atom stereocenters. The zero-order chi connectivity index (χ0) is 20.1. The monoisotopic (exact) mass is 400 g/mol. The third-order valence-electron chi connectivity index (χ3n) is 4.27. The van der Waals surface area contributed by atoms with Gasteiger partial charge in [0.2, 0.25) is 0 Å². The second-order valence-corrected chi connectivity index (χ2v) is 6.84. The van der Waals surface area contributed by atoms with Crippen LogP contribution in [0.4, 0.5) is 18.9 Å². The number of anilines is 1. The minimum absolute atomic E-state index is 0.229. The van der Waals surface area contributed by atoms with Crippen LogP contribution in [0.5, 0.6) is 0 Å². The lowest BCUT2D eigenvalue weighted by Crippen LogP contribution is -2.33. The van der Waals surface area contributed by atoms with Gasteiger partial charge in [0.15, 0.2) is 5.11 Å². The van der Waals surface area contributed by atoms with Crippen molar-refractivity contribution in [1.82, 2.24) is 5.32 Å². The normalized spacial score (nSPS) is 12.3. The fourth-order valence-electron chi connectivity index (χ4n) is 2.84. The quantitative estimate of drug-likeness (QED) is 0.518. The summed E-state index contributed by atoms with van der Waals surface area (Å²) in [6.07, 6.45) is -4.40. The van der Waals surface area contributed by atoms with Crippen LogP contribution < -0.4 is 10.6 Å². The van der Waals surface area contributed by atoms with E-state index in [0.717, 1.165) is 28.8 Å². The van der Waals surface area contributed by atoms with Gasteiger partial charge in [-0.25, -0.2) is 0 Å². The van der Waals surface area contributed by atoms with Gasteiger partial charge in [0.1, 0.15) is 0 Å². The zero-order valence-electron chi connectivity index (χ0n) is 15.1. The van der Waals surface area contributed by atoms with Crippen molar-refractivity contribution in [1.29, 1.82) is 0 Å². The zero-order valence-corrected chi connectivity index (χ0v) is 15.9. The van der Waals surface area contributed by atoms with Gasteiger partial charge in [0, 0.05) is 5.69 Å². The van der Waals surface area contributed by atoms with Gasteiger partial charge >= 0.3 is 6.18 Å². The van der Waals surface area contributed by atoms with Gasteiger partial charge in [-0.3, -0.25) is 0 Å². The fraction of sp³-hybridized carbons (Fsp3) is 0.136. The number of benzene rings is 3. The molecule has 3 aromatic rings. The molecule has 0 aliphatic rings. The third kappa shape index (κ3) is 5.10. The SMILES string of the molecule is Cc1ccc([C@H](NC(=S)Nc2cccc(C(F)(F)F)c2)c2ccccc2)cc1. The van der Waals surface area contributed by atoms with E-state index < -0.39 is 11.7 Å². The summed E-state index contributed by atoms with van der Waals surface area (Å²) < 4.78 is 38.7. The minimum Gasteiger partial charge on any atom is -0.352 e. The summed E-state index contributed by atoms with van der Waals surface area (Å²) in [5.74, 6) is 0. The molecule has 6 heteroatoms. The van der Waals surface area contributed by atoms with E-state index in [-0.39, 0.29) is 16.8 Å². The molecule has 2 nitrogen and oxygen atoms in total. The standard InChI is InChI=1S/C22H19F3N2S/c1-15-10-12-17(13-11-15)20(16-6-3-2-4-7-16)27-21(28)26-19-9-5-8-18(14-19)22(23,24)25/h2-14,20H,1H3,(H2,26,27,28)/t20-/m1/s1. The maximum absolute atomic E-state index is 12.9. The Morgan fingerprint density at radius 2 is 1.50 bits per heavy atom. The maximum atomic E-state index is 12.9. The molecule has 0 radical (unpaired) electrons. The van der Waals surface area contributed by atoms with Gasteiger partial charge in [0.05, 0.1) is 11.6 Å². The van der Waals surface area contributed by atoms with E-state index in [2.05, 4.69) is 10.6 Å². The maximum Gasteiger partial charge on any atom is 0.416 e. The van der Waals surface area contributed by atoms with Crippen molar-refractivity contribution in [3.05, 3.63) is 101 Å². The summed E-state index contributed by atoms with van der Waals surface area (Å²) in [5.41, 5.74) is 2.70. The van der Waals surface area contributed by atoms with E-state index in [1.54, 1.807) is 6.07 Å². The molecular weight excluding hydrogens is 381 g/mol. The lowest BCUT2D eigenvalue weighted by atomic mass is 9.98. The van der Waals surface area contributed by atoms with E-state index in [4.69, 9.17) is 12.2 Å². The molecule has 0 aliphatic carbocycles. The number of hydrogen-bond donors (Lipinski definition) is 2. The minimum atomic E-state index is -4.40. The Morgan fingerprint density at radius 3 is 2.14 bits per heavy atom. The summed E-state index contributed by atoms with van der Waals surface area (Å²) in [6, 6.07) is 22.5. The highest BCUT2D eigenvalue weighted by Gasteiger charge is 2.30. The molecule has 0 amide bonds. The Balaban J connectivity index is 1.81. The molecule has 28 heavy (non-hydrogen) atoms. The number of halogens is 3. The molecule has 0 spiro atoms. The molecule has 0 heterocycles. The smallest absolute Gasteiger partial charge is 0.352 e. The average molecular weight is 400 g/mol. The molecule has 3 aromatic carbocycles. The molecule has 0 unspecified atom stereocenters. The largest absolute Gasteiger partial charge is 0.416 e. The van der Waals surface area contributed by atoms with Crippen LogP contribution in [0.2, 0.25) is 0 Å². The fourth-order valence-corrected chi connectivity index (χ4v) is 3.07. The first-order valence-electron chi connectivity index (χ1n) is 8.69. The van der Waals surface area contributed by atoms with Crippen molar-refractivity contribution in [3.8, 4) is 0 Å². The average Bonchev–Trinajstić information content (AvgIpc) is 2.67. The molecule has 0 aromatic heterocycles. The molecule has 0 saturated heterocycles. The van der Waals surface area contributed by atoms with E-state index in [0.29, 0.717) is 0 Å². The second-order valence-electron chi connectivity index (χ2n) is 6.43. The van der Waals surface area contributed by atoms with Gasteiger partial charge in [-0.15, -0.1) is 0 Å². The van der Waals surface area contributed by atoms with E-state index in [1.165, 1.54) is 6.07 Å². The van der Waals surface area contributed by atoms with Crippen LogP contribution in [0.15, 0.2) is 78.9 Å². The first kappa shape index (κ1) is 19.9. The first-order chi connectivity index (χ1) is 13.3. The number of rotatable bonds is 4. The number of alkyl halides is 3. The van der Waals surface area contributed by atoms with Crippen LogP contribution in [-0.2, 0) is 6.18 Å². The van der Waals surface area contributed by atoms with Crippen LogP contribution in [0.1, 0.15) is 28.3 Å². The van der Waals surface area contributed by atoms with Crippen LogP contribution in [0, 0.1) is 6.92 Å². The Hall–Kier alpha value is -2.86. The van der Waals surface area contributed by atoms with Crippen molar-refractivity contribution in [2.45, 2.75) is 19.1 Å². The molecule has 0 bridgehead atoms. The van der Waals surface area contributed by atoms with E-state index in [9.17, 15) is 13.2 Å². The molecule has 3 rings (SSSR count). The van der Waals surface area contributed by atoms with Crippen molar-refractivity contribution in [3.63, 3.8) is 0 Å². The van der Waals surface area contributed by atoms with Gasteiger partial charge < -0.3 is 10.6 Å². The van der Waals surface area contributed by atoms with Crippen LogP contribution in [0.25, 0.3) is 0 Å². The summed E-state index contributed by atoms with van der Waals surface area (Å²) in [4.78, 5) is 0. The predicted molar refractivity (Wildman–Crippen MR) is 110 cm³/mol. The lowest BCUT2D eigenvalue weighted by Gasteiger charge is -2.22. The van der Waals surface area contributed by atoms with Gasteiger partial charge in [-0.1, -0.05) is 66.2 Å². The third-order valence-corrected chi connectivity index (χ3v) is 4.49. The van der Waals surface area contributed by atoms with Crippen molar-refractivity contribution in [2.24, 2.45) is 0 Å².